The van der Waals surface area contributed by atoms with Gasteiger partial charge in [-0.2, -0.15) is 0 Å². The standard InChI is InChI=1S/C22H20FNO6S2/c23-17-6-4-5-16(13-17)14-24(18-11-12-31(26,27)15-18)22(25)20-9-10-21(30-20)32(28,29)19-7-2-1-3-8-19/h1-10,13,18H,11-12,14-15H2/t18-/m1/s1. The van der Waals surface area contributed by atoms with E-state index in [2.05, 4.69) is 0 Å². The van der Waals surface area contributed by atoms with Gasteiger partial charge in [0.05, 0.1) is 16.4 Å². The van der Waals surface area contributed by atoms with E-state index in [1.165, 1.54) is 47.4 Å². The minimum absolute atomic E-state index is 0.0202. The third kappa shape index (κ3) is 4.61. The Labute approximate surface area is 185 Å². The van der Waals surface area contributed by atoms with Crippen LogP contribution >= 0.6 is 0 Å². The van der Waals surface area contributed by atoms with E-state index in [9.17, 15) is 26.0 Å². The second-order valence-corrected chi connectivity index (χ2v) is 11.7. The molecular weight excluding hydrogens is 457 g/mol. The van der Waals surface area contributed by atoms with Crippen LogP contribution in [0.2, 0.25) is 0 Å². The van der Waals surface area contributed by atoms with Crippen LogP contribution in [0.1, 0.15) is 22.5 Å². The van der Waals surface area contributed by atoms with Crippen LogP contribution in [0.25, 0.3) is 0 Å². The largest absolute Gasteiger partial charge is 0.439 e. The molecule has 10 heteroatoms. The molecule has 4 rings (SSSR count). The van der Waals surface area contributed by atoms with Crippen molar-refractivity contribution in [2.75, 3.05) is 11.5 Å². The fourth-order valence-corrected chi connectivity index (χ4v) is 6.58. The first-order valence-corrected chi connectivity index (χ1v) is 13.1. The summed E-state index contributed by atoms with van der Waals surface area (Å²) in [7, 11) is -7.27. The molecule has 0 aliphatic carbocycles. The Kier molecular flexibility index (Phi) is 5.91. The second kappa shape index (κ2) is 8.51. The van der Waals surface area contributed by atoms with E-state index >= 15 is 0 Å². The highest BCUT2D eigenvalue weighted by molar-refractivity contribution is 7.91. The van der Waals surface area contributed by atoms with E-state index < -0.39 is 42.5 Å². The molecule has 0 bridgehead atoms. The summed E-state index contributed by atoms with van der Waals surface area (Å²) >= 11 is 0. The maximum atomic E-state index is 13.7. The first-order valence-electron chi connectivity index (χ1n) is 9.81. The predicted molar refractivity (Wildman–Crippen MR) is 114 cm³/mol. The highest BCUT2D eigenvalue weighted by atomic mass is 32.2. The van der Waals surface area contributed by atoms with E-state index in [-0.39, 0.29) is 35.1 Å². The highest BCUT2D eigenvalue weighted by Gasteiger charge is 2.36. The average Bonchev–Trinajstić information content (AvgIpc) is 3.39. The first-order chi connectivity index (χ1) is 15.2. The Morgan fingerprint density at radius 3 is 2.47 bits per heavy atom. The van der Waals surface area contributed by atoms with Gasteiger partial charge < -0.3 is 9.32 Å². The predicted octanol–water partition coefficient (Wildman–Crippen LogP) is 3.08. The van der Waals surface area contributed by atoms with Gasteiger partial charge in [-0.05, 0) is 48.4 Å². The second-order valence-electron chi connectivity index (χ2n) is 7.56. The van der Waals surface area contributed by atoms with E-state index in [1.54, 1.807) is 24.3 Å². The summed E-state index contributed by atoms with van der Waals surface area (Å²) in [4.78, 5) is 14.6. The monoisotopic (exact) mass is 477 g/mol. The van der Waals surface area contributed by atoms with Crippen LogP contribution in [0.3, 0.4) is 0 Å². The molecule has 32 heavy (non-hydrogen) atoms. The lowest BCUT2D eigenvalue weighted by Crippen LogP contribution is -2.40. The van der Waals surface area contributed by atoms with Crippen molar-refractivity contribution in [3.8, 4) is 0 Å². The Morgan fingerprint density at radius 1 is 1.06 bits per heavy atom. The third-order valence-electron chi connectivity index (χ3n) is 5.26. The summed E-state index contributed by atoms with van der Waals surface area (Å²) in [5.74, 6) is -1.66. The summed E-state index contributed by atoms with van der Waals surface area (Å²) in [6, 6.07) is 15.1. The Balaban J connectivity index is 1.65. The van der Waals surface area contributed by atoms with E-state index in [0.29, 0.717) is 5.56 Å². The van der Waals surface area contributed by atoms with Crippen molar-refractivity contribution in [3.63, 3.8) is 0 Å². The average molecular weight is 478 g/mol. The van der Waals surface area contributed by atoms with Crippen LogP contribution in [0.5, 0.6) is 0 Å². The maximum absolute atomic E-state index is 13.7. The van der Waals surface area contributed by atoms with Gasteiger partial charge >= 0.3 is 0 Å². The molecule has 7 nitrogen and oxygen atoms in total. The first kappa shape index (κ1) is 22.2. The number of carbonyl (C=O) groups is 1. The Morgan fingerprint density at radius 2 is 1.81 bits per heavy atom. The summed E-state index contributed by atoms with van der Waals surface area (Å²) < 4.78 is 68.6. The lowest BCUT2D eigenvalue weighted by molar-refractivity contribution is 0.0642. The molecule has 0 saturated carbocycles. The van der Waals surface area contributed by atoms with Crippen LogP contribution in [0.15, 0.2) is 81.1 Å². The zero-order valence-corrected chi connectivity index (χ0v) is 18.5. The highest BCUT2D eigenvalue weighted by Crippen LogP contribution is 2.26. The number of nitrogens with zero attached hydrogens (tertiary/aromatic N) is 1. The van der Waals surface area contributed by atoms with Crippen molar-refractivity contribution in [3.05, 3.63) is 83.9 Å². The molecule has 1 amide bonds. The molecule has 1 fully saturated rings. The quantitative estimate of drug-likeness (QED) is 0.541. The summed E-state index contributed by atoms with van der Waals surface area (Å²) in [5, 5.41) is -0.392. The Bertz CT molecular complexity index is 1350. The molecule has 1 saturated heterocycles. The van der Waals surface area contributed by atoms with Gasteiger partial charge in [-0.25, -0.2) is 21.2 Å². The molecule has 1 aliphatic heterocycles. The minimum atomic E-state index is -3.96. The molecule has 0 N–H and O–H groups in total. The van der Waals surface area contributed by atoms with Gasteiger partial charge in [0.25, 0.3) is 5.91 Å². The number of sulfone groups is 2. The number of furan rings is 1. The molecule has 168 valence electrons. The third-order valence-corrected chi connectivity index (χ3v) is 8.65. The van der Waals surface area contributed by atoms with Gasteiger partial charge in [0.2, 0.25) is 14.9 Å². The Hall–Kier alpha value is -2.98. The molecule has 2 heterocycles. The minimum Gasteiger partial charge on any atom is -0.439 e. The number of rotatable bonds is 6. The lowest BCUT2D eigenvalue weighted by Gasteiger charge is -2.27. The van der Waals surface area contributed by atoms with Gasteiger partial charge in [0.1, 0.15) is 5.82 Å². The van der Waals surface area contributed by atoms with Crippen molar-refractivity contribution in [2.45, 2.75) is 29.0 Å². The zero-order valence-electron chi connectivity index (χ0n) is 16.8. The summed E-state index contributed by atoms with van der Waals surface area (Å²) in [6.45, 7) is -0.0434. The summed E-state index contributed by atoms with van der Waals surface area (Å²) in [6.07, 6.45) is 0.235. The molecular formula is C22H20FNO6S2. The fourth-order valence-electron chi connectivity index (χ4n) is 3.66. The van der Waals surface area contributed by atoms with Crippen molar-refractivity contribution >= 4 is 25.6 Å². The van der Waals surface area contributed by atoms with E-state index in [0.717, 1.165) is 0 Å². The molecule has 0 radical (unpaired) electrons. The normalized spacial score (nSPS) is 17.8. The molecule has 1 aromatic heterocycles. The fraction of sp³-hybridized carbons (Fsp3) is 0.227. The SMILES string of the molecule is O=C(c1ccc(S(=O)(=O)c2ccccc2)o1)N(Cc1cccc(F)c1)[C@@H]1CCS(=O)(=O)C1. The zero-order chi connectivity index (χ0) is 22.9. The van der Waals surface area contributed by atoms with Gasteiger partial charge in [0, 0.05) is 12.6 Å². The van der Waals surface area contributed by atoms with Crippen LogP contribution in [-0.2, 0) is 26.2 Å². The molecule has 3 aromatic rings. The number of benzene rings is 2. The lowest BCUT2D eigenvalue weighted by atomic mass is 10.1. The van der Waals surface area contributed by atoms with E-state index in [4.69, 9.17) is 4.42 Å². The van der Waals surface area contributed by atoms with Crippen molar-refractivity contribution in [2.24, 2.45) is 0 Å². The molecule has 1 atom stereocenters. The van der Waals surface area contributed by atoms with Crippen LogP contribution in [0.4, 0.5) is 4.39 Å². The van der Waals surface area contributed by atoms with E-state index in [1.807, 2.05) is 0 Å². The number of hydrogen-bond donors (Lipinski definition) is 0. The molecule has 0 spiro atoms. The van der Waals surface area contributed by atoms with Crippen molar-refractivity contribution in [1.82, 2.24) is 4.90 Å². The topological polar surface area (TPSA) is 102 Å². The smallest absolute Gasteiger partial charge is 0.290 e. The van der Waals surface area contributed by atoms with Crippen LogP contribution in [-0.4, -0.2) is 45.2 Å². The number of halogens is 1. The number of carbonyl (C=O) groups excluding carboxylic acids is 1. The maximum Gasteiger partial charge on any atom is 0.290 e. The van der Waals surface area contributed by atoms with Gasteiger partial charge in [0.15, 0.2) is 15.6 Å². The van der Waals surface area contributed by atoms with Crippen LogP contribution in [0, 0.1) is 5.82 Å². The molecule has 0 unspecified atom stereocenters. The van der Waals surface area contributed by atoms with Crippen molar-refractivity contribution < 1.29 is 30.4 Å². The summed E-state index contributed by atoms with van der Waals surface area (Å²) in [5.41, 5.74) is 0.478. The van der Waals surface area contributed by atoms with Gasteiger partial charge in [-0.15, -0.1) is 0 Å². The van der Waals surface area contributed by atoms with Gasteiger partial charge in [-0.3, -0.25) is 4.79 Å². The van der Waals surface area contributed by atoms with Crippen LogP contribution < -0.4 is 0 Å². The van der Waals surface area contributed by atoms with Gasteiger partial charge in [-0.1, -0.05) is 30.3 Å². The molecule has 2 aromatic carbocycles. The molecule has 1 aliphatic rings. The number of amides is 1. The number of hydrogen-bond acceptors (Lipinski definition) is 6. The van der Waals surface area contributed by atoms with Crippen molar-refractivity contribution in [1.29, 1.82) is 0 Å².